The lowest BCUT2D eigenvalue weighted by Crippen LogP contribution is -2.37. The van der Waals surface area contributed by atoms with Crippen LogP contribution < -0.4 is 11.3 Å². The zero-order valence-corrected chi connectivity index (χ0v) is 5.21. The topological polar surface area (TPSA) is 38.0 Å². The molecule has 0 heterocycles. The number of hydrazine groups is 1. The molecule has 0 saturated heterocycles. The summed E-state index contributed by atoms with van der Waals surface area (Å²) in [6.07, 6.45) is -2.37. The predicted molar refractivity (Wildman–Crippen MR) is 30.0 cm³/mol. The van der Waals surface area contributed by atoms with Crippen LogP contribution in [-0.2, 0) is 0 Å². The highest BCUT2D eigenvalue weighted by atomic mass is 35.5. The molecular weight excluding hydrogens is 137 g/mol. The van der Waals surface area contributed by atoms with Crippen molar-refractivity contribution in [1.29, 1.82) is 0 Å². The van der Waals surface area contributed by atoms with Crippen LogP contribution in [-0.4, -0.2) is 12.5 Å². The standard InChI is InChI=1S/C3H8F2N2.ClH/c1-2(7-6)3(4)5;/h2-3,7H,6H2,1H3;1H. The summed E-state index contributed by atoms with van der Waals surface area (Å²) >= 11 is 0. The van der Waals surface area contributed by atoms with Crippen molar-refractivity contribution in [3.05, 3.63) is 0 Å². The van der Waals surface area contributed by atoms with Gasteiger partial charge in [-0.05, 0) is 6.92 Å². The van der Waals surface area contributed by atoms with E-state index in [1.165, 1.54) is 6.92 Å². The van der Waals surface area contributed by atoms with Gasteiger partial charge in [0, 0.05) is 0 Å². The Morgan fingerprint density at radius 3 is 1.88 bits per heavy atom. The number of nitrogens with two attached hydrogens (primary N) is 1. The highest BCUT2D eigenvalue weighted by molar-refractivity contribution is 5.85. The first kappa shape index (κ1) is 10.9. The third-order valence-electron chi connectivity index (χ3n) is 0.641. The molecular formula is C3H9ClF2N2. The summed E-state index contributed by atoms with van der Waals surface area (Å²) < 4.78 is 22.6. The third-order valence-corrected chi connectivity index (χ3v) is 0.641. The van der Waals surface area contributed by atoms with Gasteiger partial charge < -0.3 is 0 Å². The molecule has 8 heavy (non-hydrogen) atoms. The zero-order chi connectivity index (χ0) is 5.86. The average molecular weight is 147 g/mol. The van der Waals surface area contributed by atoms with E-state index in [1.54, 1.807) is 0 Å². The quantitative estimate of drug-likeness (QED) is 0.441. The molecule has 0 aliphatic rings. The summed E-state index contributed by atoms with van der Waals surface area (Å²) in [4.78, 5) is 0. The van der Waals surface area contributed by atoms with Gasteiger partial charge in [-0.15, -0.1) is 12.4 Å². The van der Waals surface area contributed by atoms with Crippen molar-refractivity contribution in [3.8, 4) is 0 Å². The number of nitrogens with one attached hydrogen (secondary N) is 1. The van der Waals surface area contributed by atoms with E-state index in [2.05, 4.69) is 5.84 Å². The van der Waals surface area contributed by atoms with E-state index in [4.69, 9.17) is 0 Å². The van der Waals surface area contributed by atoms with E-state index in [0.29, 0.717) is 0 Å². The lowest BCUT2D eigenvalue weighted by molar-refractivity contribution is 0.106. The van der Waals surface area contributed by atoms with E-state index in [-0.39, 0.29) is 12.4 Å². The molecule has 0 amide bonds. The molecule has 0 aromatic carbocycles. The van der Waals surface area contributed by atoms with Crippen molar-refractivity contribution in [2.45, 2.75) is 19.4 Å². The average Bonchev–Trinajstić information content (AvgIpc) is 1.65. The van der Waals surface area contributed by atoms with Gasteiger partial charge in [-0.2, -0.15) is 0 Å². The molecule has 0 radical (unpaired) electrons. The van der Waals surface area contributed by atoms with Gasteiger partial charge >= 0.3 is 0 Å². The van der Waals surface area contributed by atoms with Crippen molar-refractivity contribution in [1.82, 2.24) is 5.43 Å². The lowest BCUT2D eigenvalue weighted by Gasteiger charge is -2.05. The van der Waals surface area contributed by atoms with E-state index in [1.807, 2.05) is 5.43 Å². The van der Waals surface area contributed by atoms with E-state index in [0.717, 1.165) is 0 Å². The number of hydrogen-bond acceptors (Lipinski definition) is 2. The van der Waals surface area contributed by atoms with Crippen LogP contribution in [0.5, 0.6) is 0 Å². The first-order valence-electron chi connectivity index (χ1n) is 1.92. The van der Waals surface area contributed by atoms with Gasteiger partial charge in [0.1, 0.15) is 0 Å². The minimum Gasteiger partial charge on any atom is -0.271 e. The highest BCUT2D eigenvalue weighted by Gasteiger charge is 2.10. The van der Waals surface area contributed by atoms with Crippen molar-refractivity contribution in [2.75, 3.05) is 0 Å². The number of halogens is 3. The summed E-state index contributed by atoms with van der Waals surface area (Å²) in [5, 5.41) is 0. The molecule has 1 atom stereocenters. The molecule has 0 aliphatic heterocycles. The van der Waals surface area contributed by atoms with Crippen molar-refractivity contribution in [3.63, 3.8) is 0 Å². The fourth-order valence-electron chi connectivity index (χ4n) is 0.0727. The minimum absolute atomic E-state index is 0. The smallest absolute Gasteiger partial charge is 0.254 e. The molecule has 3 N–H and O–H groups in total. The maximum Gasteiger partial charge on any atom is 0.254 e. The Bertz CT molecular complexity index is 52.5. The largest absolute Gasteiger partial charge is 0.271 e. The molecule has 0 bridgehead atoms. The second-order valence-electron chi connectivity index (χ2n) is 1.29. The minimum atomic E-state index is -2.37. The Morgan fingerprint density at radius 1 is 1.50 bits per heavy atom. The van der Waals surface area contributed by atoms with Crippen molar-refractivity contribution < 1.29 is 8.78 Å². The Morgan fingerprint density at radius 2 is 1.88 bits per heavy atom. The maximum absolute atomic E-state index is 11.3. The van der Waals surface area contributed by atoms with Gasteiger partial charge in [-0.3, -0.25) is 11.3 Å². The Kier molecular flexibility index (Phi) is 7.13. The van der Waals surface area contributed by atoms with Crippen LogP contribution >= 0.6 is 12.4 Å². The molecule has 52 valence electrons. The number of rotatable bonds is 2. The summed E-state index contributed by atoms with van der Waals surface area (Å²) in [5.74, 6) is 4.64. The molecule has 0 spiro atoms. The normalized spacial score (nSPS) is 13.1. The van der Waals surface area contributed by atoms with E-state index >= 15 is 0 Å². The van der Waals surface area contributed by atoms with Gasteiger partial charge in [0.05, 0.1) is 6.04 Å². The van der Waals surface area contributed by atoms with Crippen molar-refractivity contribution in [2.24, 2.45) is 5.84 Å². The van der Waals surface area contributed by atoms with Gasteiger partial charge in [0.2, 0.25) is 0 Å². The molecule has 0 aromatic heterocycles. The summed E-state index contributed by atoms with van der Waals surface area (Å²) in [6.45, 7) is 1.31. The van der Waals surface area contributed by atoms with Crippen LogP contribution in [0.4, 0.5) is 8.78 Å². The van der Waals surface area contributed by atoms with E-state index < -0.39 is 12.5 Å². The van der Waals surface area contributed by atoms with Crippen LogP contribution in [0.25, 0.3) is 0 Å². The predicted octanol–water partition coefficient (Wildman–Crippen LogP) is 0.525. The highest BCUT2D eigenvalue weighted by Crippen LogP contribution is 1.95. The molecule has 2 nitrogen and oxygen atoms in total. The first-order chi connectivity index (χ1) is 3.18. The van der Waals surface area contributed by atoms with Gasteiger partial charge in [0.25, 0.3) is 6.43 Å². The second-order valence-corrected chi connectivity index (χ2v) is 1.29. The fraction of sp³-hybridized carbons (Fsp3) is 1.00. The summed E-state index contributed by atoms with van der Waals surface area (Å²) in [6, 6.07) is -0.903. The summed E-state index contributed by atoms with van der Waals surface area (Å²) in [5.41, 5.74) is 1.91. The molecule has 5 heteroatoms. The lowest BCUT2D eigenvalue weighted by atomic mass is 10.4. The van der Waals surface area contributed by atoms with E-state index in [9.17, 15) is 8.78 Å². The van der Waals surface area contributed by atoms with Crippen LogP contribution in [0.15, 0.2) is 0 Å². The molecule has 0 fully saturated rings. The van der Waals surface area contributed by atoms with Crippen LogP contribution in [0.2, 0.25) is 0 Å². The molecule has 0 rings (SSSR count). The molecule has 0 aromatic rings. The monoisotopic (exact) mass is 146 g/mol. The first-order valence-corrected chi connectivity index (χ1v) is 1.92. The zero-order valence-electron chi connectivity index (χ0n) is 4.40. The molecule has 1 unspecified atom stereocenters. The Balaban J connectivity index is 0. The number of hydrogen-bond donors (Lipinski definition) is 2. The Labute approximate surface area is 52.8 Å². The van der Waals surface area contributed by atoms with Crippen molar-refractivity contribution >= 4 is 12.4 Å². The van der Waals surface area contributed by atoms with Crippen LogP contribution in [0, 0.1) is 0 Å². The number of alkyl halides is 2. The van der Waals surface area contributed by atoms with Gasteiger partial charge in [-0.1, -0.05) is 0 Å². The molecule has 0 saturated carbocycles. The van der Waals surface area contributed by atoms with Gasteiger partial charge in [-0.25, -0.2) is 8.78 Å². The third kappa shape index (κ3) is 4.23. The SMILES string of the molecule is CC(NN)C(F)F.Cl. The van der Waals surface area contributed by atoms with Crippen LogP contribution in [0.3, 0.4) is 0 Å². The summed E-state index contributed by atoms with van der Waals surface area (Å²) in [7, 11) is 0. The second kappa shape index (κ2) is 5.21. The van der Waals surface area contributed by atoms with Gasteiger partial charge in [0.15, 0.2) is 0 Å². The fourth-order valence-corrected chi connectivity index (χ4v) is 0.0727. The van der Waals surface area contributed by atoms with Crippen LogP contribution in [0.1, 0.15) is 6.92 Å². The molecule has 0 aliphatic carbocycles. The maximum atomic E-state index is 11.3. The Hall–Kier alpha value is 0.0700.